The first-order chi connectivity index (χ1) is 37.4. The SMILES string of the molecule is CCC1CCC2C(C1)C1C=CC(=O)C3(Cc4ccc(O)c(OC)c4)CCCC3CC#CNC(=NC)Nc3cc(cc4c3OC#CCC3CC(CNC)(CC3CC(O)OC3(CCO)CCCC3)O4)C13CCCC3C2CCCO. The number of carbonyl (C=O) groups is 1. The van der Waals surface area contributed by atoms with Crippen LogP contribution in [0.3, 0.4) is 0 Å². The number of hydrogen-bond donors (Lipinski definition) is 7. The average Bonchev–Trinajstić information content (AvgIpc) is 4.43. The number of anilines is 1. The third-order valence-electron chi connectivity index (χ3n) is 20.9. The van der Waals surface area contributed by atoms with Gasteiger partial charge < -0.3 is 50.0 Å². The summed E-state index contributed by atoms with van der Waals surface area (Å²) in [5.41, 5.74) is 0.502. The maximum absolute atomic E-state index is 15.8. The molecule has 77 heavy (non-hydrogen) atoms. The number of hydrogen-bond acceptors (Lipinski definition) is 11. The predicted octanol–water partition coefficient (Wildman–Crippen LogP) is 9.93. The summed E-state index contributed by atoms with van der Waals surface area (Å²) in [7, 11) is 5.28. The topological polar surface area (TPSA) is 183 Å². The van der Waals surface area contributed by atoms with E-state index in [-0.39, 0.29) is 54.3 Å². The summed E-state index contributed by atoms with van der Waals surface area (Å²) in [5.74, 6) is 11.2. The molecule has 0 saturated heterocycles. The summed E-state index contributed by atoms with van der Waals surface area (Å²) >= 11 is 0. The van der Waals surface area contributed by atoms with Gasteiger partial charge in [0, 0.05) is 62.9 Å². The van der Waals surface area contributed by atoms with Gasteiger partial charge >= 0.3 is 0 Å². The minimum Gasteiger partial charge on any atom is -0.504 e. The Morgan fingerprint density at radius 1 is 0.974 bits per heavy atom. The van der Waals surface area contributed by atoms with Crippen molar-refractivity contribution >= 4 is 17.4 Å². The Hall–Kier alpha value is -4.76. The number of aliphatic hydroxyl groups excluding tert-OH is 3. The van der Waals surface area contributed by atoms with Crippen LogP contribution in [0.1, 0.15) is 159 Å². The lowest BCUT2D eigenvalue weighted by Gasteiger charge is -2.59. The van der Waals surface area contributed by atoms with Gasteiger partial charge in [0.25, 0.3) is 0 Å². The van der Waals surface area contributed by atoms with Gasteiger partial charge in [-0.1, -0.05) is 69.4 Å². The molecule has 13 nitrogen and oxygen atoms in total. The molecule has 7 N–H and O–H groups in total. The number of likely N-dealkylation sites (N-methyl/N-ethyl adjacent to an activating group) is 1. The highest BCUT2D eigenvalue weighted by Gasteiger charge is 2.61. The molecule has 1 spiro atoms. The minimum absolute atomic E-state index is 0.00112. The monoisotopic (exact) mass is 1060 g/mol. The van der Waals surface area contributed by atoms with Crippen molar-refractivity contribution in [2.75, 3.05) is 46.3 Å². The van der Waals surface area contributed by atoms with Crippen molar-refractivity contribution in [3.05, 3.63) is 53.6 Å². The van der Waals surface area contributed by atoms with Crippen LogP contribution >= 0.6 is 0 Å². The van der Waals surface area contributed by atoms with E-state index in [9.17, 15) is 20.4 Å². The first-order valence-corrected chi connectivity index (χ1v) is 29.8. The summed E-state index contributed by atoms with van der Waals surface area (Å²) in [5, 5.41) is 53.4. The van der Waals surface area contributed by atoms with Crippen molar-refractivity contribution in [2.24, 2.45) is 63.7 Å². The van der Waals surface area contributed by atoms with Gasteiger partial charge in [0.05, 0.1) is 18.4 Å². The second kappa shape index (κ2) is 23.9. The number of aliphatic hydroxyl groups is 3. The van der Waals surface area contributed by atoms with Crippen LogP contribution in [0.5, 0.6) is 23.0 Å². The van der Waals surface area contributed by atoms with E-state index >= 15 is 4.79 Å². The Balaban J connectivity index is 1.12. The molecule has 8 aliphatic rings. The van der Waals surface area contributed by atoms with E-state index in [1.165, 1.54) is 6.42 Å². The number of benzene rings is 2. The number of nitrogens with zero attached hydrogens (tertiary/aromatic N) is 1. The standard InChI is InChI=1S/C64H88N4O9/c1-5-42-18-20-48-49(16-11-30-69)51-17-9-27-64(51)47-36-53(59-56(37-47)76-62(41-65-2)39-44(13-12-32-75-59)45(40-62)35-58(73)77-61(28-31-70)24-6-7-25-61)68-60(66-3)67-29-10-15-46-14-8-26-63(46,57(72)23-21-52(64)50(48)33-42)38-43-19-22-54(71)55(34-43)74-4/h19,21-23,34,36-37,42,44-46,48-52,58,65,69-71,73H,5-9,11,13-18,20,24-28,30-31,33,35,38-41H2,1-4H3,(H2,66,67,68). The maximum atomic E-state index is 15.8. The molecule has 4 bridgehead atoms. The van der Waals surface area contributed by atoms with Gasteiger partial charge in [-0.05, 0) is 192 Å². The molecule has 2 aliphatic heterocycles. The Kier molecular flexibility index (Phi) is 17.3. The van der Waals surface area contributed by atoms with Crippen molar-refractivity contribution in [1.29, 1.82) is 0 Å². The fourth-order valence-electron chi connectivity index (χ4n) is 17.5. The number of allylic oxidation sites excluding steroid dienone is 2. The van der Waals surface area contributed by atoms with Crippen LogP contribution in [0.2, 0.25) is 0 Å². The van der Waals surface area contributed by atoms with Crippen LogP contribution < -0.4 is 30.2 Å². The highest BCUT2D eigenvalue weighted by molar-refractivity contribution is 5.97. The largest absolute Gasteiger partial charge is 0.504 e. The van der Waals surface area contributed by atoms with Crippen molar-refractivity contribution in [2.45, 2.75) is 178 Å². The van der Waals surface area contributed by atoms with Gasteiger partial charge in [-0.2, -0.15) is 0 Å². The van der Waals surface area contributed by atoms with Crippen molar-refractivity contribution in [1.82, 2.24) is 10.6 Å². The van der Waals surface area contributed by atoms with E-state index in [0.29, 0.717) is 97.6 Å². The zero-order valence-electron chi connectivity index (χ0n) is 46.5. The molecule has 0 radical (unpaired) electrons. The molecule has 13 heteroatoms. The van der Waals surface area contributed by atoms with Crippen molar-refractivity contribution in [3.63, 3.8) is 0 Å². The number of rotatable bonds is 15. The van der Waals surface area contributed by atoms with Crippen LogP contribution in [-0.4, -0.2) is 90.6 Å². The van der Waals surface area contributed by atoms with E-state index < -0.39 is 28.3 Å². The van der Waals surface area contributed by atoms with E-state index in [1.807, 2.05) is 25.3 Å². The van der Waals surface area contributed by atoms with E-state index in [2.05, 4.69) is 65.1 Å². The fourth-order valence-corrected chi connectivity index (χ4v) is 17.5. The Labute approximate surface area is 458 Å². The summed E-state index contributed by atoms with van der Waals surface area (Å²) in [6.45, 7) is 3.09. The second-order valence-corrected chi connectivity index (χ2v) is 24.8. The number of phenols is 1. The molecular formula is C64H88N4O9. The van der Waals surface area contributed by atoms with Gasteiger partial charge in [-0.25, -0.2) is 0 Å². The number of nitrogens with one attached hydrogen (secondary N) is 3. The number of aliphatic imine (C=N–C) groups is 1. The summed E-state index contributed by atoms with van der Waals surface area (Å²) in [6.07, 6.45) is 26.1. The molecule has 10 rings (SSSR count). The fraction of sp³-hybridized carbons (Fsp3) is 0.688. The number of ketones is 1. The normalized spacial score (nSPS) is 34.9. The Morgan fingerprint density at radius 2 is 1.82 bits per heavy atom. The molecule has 2 aromatic rings. The number of methoxy groups -OCH3 is 1. The third-order valence-corrected chi connectivity index (χ3v) is 20.9. The predicted molar refractivity (Wildman–Crippen MR) is 299 cm³/mol. The molecule has 6 saturated carbocycles. The van der Waals surface area contributed by atoms with Gasteiger partial charge in [-0.15, -0.1) is 0 Å². The molecule has 6 aliphatic carbocycles. The van der Waals surface area contributed by atoms with Crippen LogP contribution in [0.15, 0.2) is 47.5 Å². The van der Waals surface area contributed by atoms with Crippen LogP contribution in [-0.2, 0) is 21.4 Å². The van der Waals surface area contributed by atoms with Gasteiger partial charge in [0.15, 0.2) is 29.3 Å². The number of guanidine groups is 1. The molecule has 13 unspecified atom stereocenters. The van der Waals surface area contributed by atoms with E-state index in [0.717, 1.165) is 114 Å². The lowest BCUT2D eigenvalue weighted by molar-refractivity contribution is -0.197. The van der Waals surface area contributed by atoms with Crippen LogP contribution in [0.25, 0.3) is 0 Å². The highest BCUT2D eigenvalue weighted by Crippen LogP contribution is 2.67. The zero-order valence-corrected chi connectivity index (χ0v) is 46.5. The second-order valence-electron chi connectivity index (χ2n) is 24.8. The lowest BCUT2D eigenvalue weighted by Crippen LogP contribution is -2.55. The number of carbonyl (C=O) groups excluding carboxylic acids is 1. The maximum Gasteiger partial charge on any atom is 0.207 e. The third kappa shape index (κ3) is 11.0. The molecule has 2 heterocycles. The molecule has 0 amide bonds. The van der Waals surface area contributed by atoms with Crippen molar-refractivity contribution < 1.29 is 44.2 Å². The van der Waals surface area contributed by atoms with E-state index in [4.69, 9.17) is 23.9 Å². The van der Waals surface area contributed by atoms with Gasteiger partial charge in [0.2, 0.25) is 11.7 Å². The number of aromatic hydroxyl groups is 1. The van der Waals surface area contributed by atoms with Gasteiger partial charge in [0.1, 0.15) is 11.7 Å². The smallest absolute Gasteiger partial charge is 0.207 e. The van der Waals surface area contributed by atoms with Crippen LogP contribution in [0, 0.1) is 82.7 Å². The quantitative estimate of drug-likeness (QED) is 0.0663. The molecule has 6 fully saturated rings. The summed E-state index contributed by atoms with van der Waals surface area (Å²) in [4.78, 5) is 20.5. The summed E-state index contributed by atoms with van der Waals surface area (Å²) < 4.78 is 26.4. The molecule has 13 atom stereocenters. The van der Waals surface area contributed by atoms with E-state index in [1.54, 1.807) is 20.2 Å². The highest BCUT2D eigenvalue weighted by atomic mass is 16.6. The van der Waals surface area contributed by atoms with Crippen molar-refractivity contribution in [3.8, 4) is 47.0 Å². The zero-order chi connectivity index (χ0) is 53.8. The molecule has 0 aromatic heterocycles. The average molecular weight is 1060 g/mol. The first-order valence-electron chi connectivity index (χ1n) is 29.8. The first kappa shape index (κ1) is 55.6. The van der Waals surface area contributed by atoms with Crippen LogP contribution in [0.4, 0.5) is 5.69 Å². The number of ether oxygens (including phenoxy) is 4. The minimum atomic E-state index is -0.980. The van der Waals surface area contributed by atoms with Gasteiger partial charge in [-0.3, -0.25) is 15.1 Å². The number of fused-ring (bicyclic) bond motifs is 9. The Morgan fingerprint density at radius 3 is 2.60 bits per heavy atom. The molecule has 418 valence electrons. The lowest BCUT2D eigenvalue weighted by atomic mass is 9.45. The number of phenolic OH excluding ortho intramolecular Hbond substituents is 1. The summed E-state index contributed by atoms with van der Waals surface area (Å²) in [6, 6.07) is 13.3. The molecule has 2 aromatic carbocycles. The molecular weight excluding hydrogens is 969 g/mol. The Bertz CT molecular complexity index is 2610.